The molecule has 1 aromatic carbocycles. The molecular weight excluding hydrogens is 269 g/mol. The minimum absolute atomic E-state index is 0.247. The summed E-state index contributed by atoms with van der Waals surface area (Å²) in [4.78, 5) is 0. The van der Waals surface area contributed by atoms with E-state index in [4.69, 9.17) is 27.9 Å². The number of rotatable bonds is 7. The van der Waals surface area contributed by atoms with Crippen LogP contribution in [-0.2, 0) is 11.2 Å². The SMILES string of the molecule is CCNC(Cc1ccc(Cl)c(Cl)c1)CC(C)OC. The number of benzene rings is 1. The highest BCUT2D eigenvalue weighted by Gasteiger charge is 2.13. The molecule has 1 N–H and O–H groups in total. The quantitative estimate of drug-likeness (QED) is 0.821. The smallest absolute Gasteiger partial charge is 0.0595 e. The third-order valence-corrected chi connectivity index (χ3v) is 3.72. The molecule has 1 rings (SSSR count). The zero-order chi connectivity index (χ0) is 13.5. The van der Waals surface area contributed by atoms with Crippen LogP contribution in [0.2, 0.25) is 10.0 Å². The van der Waals surface area contributed by atoms with E-state index in [0.29, 0.717) is 16.1 Å². The van der Waals surface area contributed by atoms with E-state index in [9.17, 15) is 0 Å². The first-order valence-corrected chi connectivity index (χ1v) is 7.02. The van der Waals surface area contributed by atoms with Crippen LogP contribution in [0.5, 0.6) is 0 Å². The highest BCUT2D eigenvalue weighted by Crippen LogP contribution is 2.23. The highest BCUT2D eigenvalue weighted by atomic mass is 35.5. The normalized spacial score (nSPS) is 14.5. The lowest BCUT2D eigenvalue weighted by atomic mass is 10.0. The third-order valence-electron chi connectivity index (χ3n) is 2.98. The lowest BCUT2D eigenvalue weighted by Crippen LogP contribution is -2.34. The molecule has 0 aliphatic rings. The summed E-state index contributed by atoms with van der Waals surface area (Å²) < 4.78 is 5.32. The van der Waals surface area contributed by atoms with E-state index in [-0.39, 0.29) is 6.10 Å². The van der Waals surface area contributed by atoms with Gasteiger partial charge in [0.05, 0.1) is 16.1 Å². The molecule has 0 fully saturated rings. The molecule has 1 aromatic rings. The summed E-state index contributed by atoms with van der Waals surface area (Å²) >= 11 is 11.9. The molecule has 0 radical (unpaired) electrons. The average molecular weight is 290 g/mol. The van der Waals surface area contributed by atoms with Gasteiger partial charge in [-0.15, -0.1) is 0 Å². The Morgan fingerprint density at radius 1 is 1.28 bits per heavy atom. The zero-order valence-corrected chi connectivity index (χ0v) is 12.7. The van der Waals surface area contributed by atoms with Crippen LogP contribution in [0.4, 0.5) is 0 Å². The number of hydrogen-bond acceptors (Lipinski definition) is 2. The highest BCUT2D eigenvalue weighted by molar-refractivity contribution is 6.42. The Morgan fingerprint density at radius 3 is 2.56 bits per heavy atom. The summed E-state index contributed by atoms with van der Waals surface area (Å²) in [5.41, 5.74) is 1.19. The Balaban J connectivity index is 2.66. The molecule has 18 heavy (non-hydrogen) atoms. The first-order valence-electron chi connectivity index (χ1n) is 6.26. The number of likely N-dealkylation sites (N-methyl/N-ethyl adjacent to an activating group) is 1. The molecule has 0 bridgehead atoms. The Morgan fingerprint density at radius 2 is 2.00 bits per heavy atom. The molecule has 0 spiro atoms. The van der Waals surface area contributed by atoms with Crippen molar-refractivity contribution in [1.82, 2.24) is 5.32 Å². The van der Waals surface area contributed by atoms with Crippen LogP contribution in [0.15, 0.2) is 18.2 Å². The molecule has 0 heterocycles. The first kappa shape index (κ1) is 15.8. The Bertz CT molecular complexity index is 371. The zero-order valence-electron chi connectivity index (χ0n) is 11.2. The van der Waals surface area contributed by atoms with Crippen LogP contribution in [0, 0.1) is 0 Å². The fourth-order valence-electron chi connectivity index (χ4n) is 1.98. The molecule has 0 aliphatic carbocycles. The maximum atomic E-state index is 6.03. The summed E-state index contributed by atoms with van der Waals surface area (Å²) in [6, 6.07) is 6.20. The maximum absolute atomic E-state index is 6.03. The van der Waals surface area contributed by atoms with Gasteiger partial charge in [-0.25, -0.2) is 0 Å². The molecule has 102 valence electrons. The lowest BCUT2D eigenvalue weighted by molar-refractivity contribution is 0.101. The van der Waals surface area contributed by atoms with Gasteiger partial charge in [-0.2, -0.15) is 0 Å². The minimum atomic E-state index is 0.247. The maximum Gasteiger partial charge on any atom is 0.0595 e. The topological polar surface area (TPSA) is 21.3 Å². The molecule has 0 aliphatic heterocycles. The molecule has 2 atom stereocenters. The van der Waals surface area contributed by atoms with Crippen LogP contribution in [0.25, 0.3) is 0 Å². The number of methoxy groups -OCH3 is 1. The van der Waals surface area contributed by atoms with E-state index in [1.54, 1.807) is 7.11 Å². The van der Waals surface area contributed by atoms with E-state index in [2.05, 4.69) is 19.2 Å². The molecule has 0 amide bonds. The fraction of sp³-hybridized carbons (Fsp3) is 0.571. The van der Waals surface area contributed by atoms with Gasteiger partial charge in [0.1, 0.15) is 0 Å². The van der Waals surface area contributed by atoms with Crippen LogP contribution >= 0.6 is 23.2 Å². The van der Waals surface area contributed by atoms with Gasteiger partial charge in [0.15, 0.2) is 0 Å². The van der Waals surface area contributed by atoms with E-state index in [0.717, 1.165) is 19.4 Å². The van der Waals surface area contributed by atoms with Gasteiger partial charge in [0.25, 0.3) is 0 Å². The predicted molar refractivity (Wildman–Crippen MR) is 78.7 cm³/mol. The Labute approximate surface area is 120 Å². The van der Waals surface area contributed by atoms with E-state index in [1.165, 1.54) is 5.56 Å². The largest absolute Gasteiger partial charge is 0.382 e. The molecule has 4 heteroatoms. The second-order valence-electron chi connectivity index (χ2n) is 4.49. The van der Waals surface area contributed by atoms with Gasteiger partial charge in [-0.1, -0.05) is 36.2 Å². The standard InChI is InChI=1S/C14H21Cl2NO/c1-4-17-12(7-10(2)18-3)8-11-5-6-13(15)14(16)9-11/h5-6,9-10,12,17H,4,7-8H2,1-3H3. The molecule has 2 unspecified atom stereocenters. The van der Waals surface area contributed by atoms with Crippen LogP contribution in [0.1, 0.15) is 25.8 Å². The van der Waals surface area contributed by atoms with E-state index < -0.39 is 0 Å². The van der Waals surface area contributed by atoms with Gasteiger partial charge in [-0.3, -0.25) is 0 Å². The molecule has 0 aromatic heterocycles. The fourth-order valence-corrected chi connectivity index (χ4v) is 2.30. The number of halogens is 2. The van der Waals surface area contributed by atoms with Crippen LogP contribution in [-0.4, -0.2) is 25.8 Å². The van der Waals surface area contributed by atoms with Gasteiger partial charge in [-0.05, 0) is 44.0 Å². The predicted octanol–water partition coefficient (Wildman–Crippen LogP) is 3.94. The number of ether oxygens (including phenoxy) is 1. The van der Waals surface area contributed by atoms with Crippen molar-refractivity contribution in [2.75, 3.05) is 13.7 Å². The monoisotopic (exact) mass is 289 g/mol. The van der Waals surface area contributed by atoms with Crippen molar-refractivity contribution >= 4 is 23.2 Å². The number of hydrogen-bond donors (Lipinski definition) is 1. The van der Waals surface area contributed by atoms with Crippen molar-refractivity contribution < 1.29 is 4.74 Å². The minimum Gasteiger partial charge on any atom is -0.382 e. The second-order valence-corrected chi connectivity index (χ2v) is 5.30. The second kappa shape index (κ2) is 8.00. The summed E-state index contributed by atoms with van der Waals surface area (Å²) in [5.74, 6) is 0. The summed E-state index contributed by atoms with van der Waals surface area (Å²) in [7, 11) is 1.74. The van der Waals surface area contributed by atoms with Crippen molar-refractivity contribution in [2.45, 2.75) is 38.8 Å². The van der Waals surface area contributed by atoms with Crippen molar-refractivity contribution in [3.63, 3.8) is 0 Å². The summed E-state index contributed by atoms with van der Waals surface area (Å²) in [6.07, 6.45) is 2.15. The molecule has 2 nitrogen and oxygen atoms in total. The molecule has 0 saturated heterocycles. The molecule has 0 saturated carbocycles. The van der Waals surface area contributed by atoms with Gasteiger partial charge < -0.3 is 10.1 Å². The van der Waals surface area contributed by atoms with E-state index in [1.807, 2.05) is 18.2 Å². The van der Waals surface area contributed by atoms with E-state index >= 15 is 0 Å². The Kier molecular flexibility index (Phi) is 7.02. The number of nitrogens with one attached hydrogen (secondary N) is 1. The van der Waals surface area contributed by atoms with Crippen molar-refractivity contribution in [3.8, 4) is 0 Å². The van der Waals surface area contributed by atoms with Gasteiger partial charge in [0, 0.05) is 13.2 Å². The van der Waals surface area contributed by atoms with Crippen LogP contribution in [0.3, 0.4) is 0 Å². The average Bonchev–Trinajstić information content (AvgIpc) is 2.34. The summed E-state index contributed by atoms with van der Waals surface area (Å²) in [6.45, 7) is 5.14. The van der Waals surface area contributed by atoms with Crippen molar-refractivity contribution in [3.05, 3.63) is 33.8 Å². The van der Waals surface area contributed by atoms with Crippen molar-refractivity contribution in [1.29, 1.82) is 0 Å². The molecular formula is C14H21Cl2NO. The van der Waals surface area contributed by atoms with Gasteiger partial charge in [0.2, 0.25) is 0 Å². The summed E-state index contributed by atoms with van der Waals surface area (Å²) in [5, 5.41) is 4.69. The van der Waals surface area contributed by atoms with Crippen LogP contribution < -0.4 is 5.32 Å². The van der Waals surface area contributed by atoms with Crippen molar-refractivity contribution in [2.24, 2.45) is 0 Å². The lowest BCUT2D eigenvalue weighted by Gasteiger charge is -2.21. The first-order chi connectivity index (χ1) is 8.56. The Hall–Kier alpha value is -0.280. The third kappa shape index (κ3) is 5.15. The van der Waals surface area contributed by atoms with Gasteiger partial charge >= 0.3 is 0 Å².